The standard InChI is InChI=1S/C4H4O5.Pb.2H/c5-2(4(8)9)1-3(6)7;;;/h1H2,(H,6,7)(H,8,9);;;. The molecule has 10 heavy (non-hydrogen) atoms. The van der Waals surface area contributed by atoms with Crippen molar-refractivity contribution >= 4 is 45.0 Å². The van der Waals surface area contributed by atoms with Gasteiger partial charge in [-0.15, -0.1) is 0 Å². The van der Waals surface area contributed by atoms with Gasteiger partial charge in [-0.2, -0.15) is 0 Å². The number of carboxylic acids is 2. The fourth-order valence-corrected chi connectivity index (χ4v) is 0.213. The van der Waals surface area contributed by atoms with Gasteiger partial charge in [0.05, 0.1) is 0 Å². The summed E-state index contributed by atoms with van der Waals surface area (Å²) in [6.45, 7) is 0. The van der Waals surface area contributed by atoms with Crippen molar-refractivity contribution in [1.82, 2.24) is 0 Å². The van der Waals surface area contributed by atoms with Crippen LogP contribution in [-0.2, 0) is 14.4 Å². The molecule has 2 N–H and O–H groups in total. The van der Waals surface area contributed by atoms with Crippen LogP contribution in [0.5, 0.6) is 0 Å². The Labute approximate surface area is 76.2 Å². The average molecular weight is 341 g/mol. The van der Waals surface area contributed by atoms with Gasteiger partial charge in [0, 0.05) is 0 Å². The minimum atomic E-state index is -1.71. The van der Waals surface area contributed by atoms with Crippen LogP contribution < -0.4 is 0 Å². The first kappa shape index (κ1) is 12.2. The summed E-state index contributed by atoms with van der Waals surface area (Å²) in [4.78, 5) is 29.2. The molecule has 5 nitrogen and oxygen atoms in total. The van der Waals surface area contributed by atoms with Gasteiger partial charge in [-0.1, -0.05) is 0 Å². The molecule has 0 spiro atoms. The van der Waals surface area contributed by atoms with Gasteiger partial charge in [-0.25, -0.2) is 4.79 Å². The van der Waals surface area contributed by atoms with E-state index in [1.807, 2.05) is 0 Å². The molecule has 0 aromatic carbocycles. The third kappa shape index (κ3) is 5.66. The minimum absolute atomic E-state index is 0. The second kappa shape index (κ2) is 5.33. The van der Waals surface area contributed by atoms with E-state index in [0.717, 1.165) is 0 Å². The van der Waals surface area contributed by atoms with Gasteiger partial charge in [-0.3, -0.25) is 9.59 Å². The predicted molar refractivity (Wildman–Crippen MR) is 33.4 cm³/mol. The molecule has 0 rings (SSSR count). The van der Waals surface area contributed by atoms with Crippen molar-refractivity contribution in [2.45, 2.75) is 6.42 Å². The van der Waals surface area contributed by atoms with E-state index in [1.54, 1.807) is 0 Å². The van der Waals surface area contributed by atoms with E-state index in [4.69, 9.17) is 10.2 Å². The van der Waals surface area contributed by atoms with Crippen molar-refractivity contribution in [1.29, 1.82) is 0 Å². The summed E-state index contributed by atoms with van der Waals surface area (Å²) in [6, 6.07) is 0. The topological polar surface area (TPSA) is 91.7 Å². The second-order valence-corrected chi connectivity index (χ2v) is 1.30. The Kier molecular flexibility index (Phi) is 6.52. The van der Waals surface area contributed by atoms with Gasteiger partial charge in [0.15, 0.2) is 0 Å². The molecule has 0 fully saturated rings. The Morgan fingerprint density at radius 1 is 1.10 bits per heavy atom. The van der Waals surface area contributed by atoms with Gasteiger partial charge in [0.25, 0.3) is 5.78 Å². The monoisotopic (exact) mass is 342 g/mol. The van der Waals surface area contributed by atoms with E-state index >= 15 is 0 Å². The van der Waals surface area contributed by atoms with Crippen LogP contribution in [0.2, 0.25) is 0 Å². The zero-order chi connectivity index (χ0) is 7.44. The van der Waals surface area contributed by atoms with Crippen LogP contribution in [0.4, 0.5) is 0 Å². The Morgan fingerprint density at radius 3 is 1.60 bits per heavy atom. The molecular formula is C4H6O5Pb. The molecule has 6 heteroatoms. The second-order valence-electron chi connectivity index (χ2n) is 1.30. The molecule has 56 valence electrons. The maximum atomic E-state index is 9.97. The van der Waals surface area contributed by atoms with Crippen LogP contribution in [-0.4, -0.2) is 55.2 Å². The van der Waals surface area contributed by atoms with E-state index in [2.05, 4.69) is 0 Å². The Bertz CT molecular complexity index is 163. The average Bonchev–Trinajstić information content (AvgIpc) is 1.63. The summed E-state index contributed by atoms with van der Waals surface area (Å²) in [6.07, 6.45) is -0.949. The van der Waals surface area contributed by atoms with Gasteiger partial charge >= 0.3 is 39.2 Å². The number of carboxylic acid groups (broad SMARTS) is 2. The summed E-state index contributed by atoms with van der Waals surface area (Å²) < 4.78 is 0. The molecule has 0 aliphatic carbocycles. The van der Waals surface area contributed by atoms with Crippen molar-refractivity contribution in [2.75, 3.05) is 0 Å². The van der Waals surface area contributed by atoms with Crippen molar-refractivity contribution in [3.8, 4) is 0 Å². The molecule has 0 bridgehead atoms. The van der Waals surface area contributed by atoms with E-state index in [1.165, 1.54) is 0 Å². The van der Waals surface area contributed by atoms with Crippen LogP contribution in [0.3, 0.4) is 0 Å². The molecule has 0 aromatic heterocycles. The first-order valence-corrected chi connectivity index (χ1v) is 2.02. The van der Waals surface area contributed by atoms with Crippen molar-refractivity contribution < 1.29 is 24.6 Å². The van der Waals surface area contributed by atoms with Crippen molar-refractivity contribution in [3.63, 3.8) is 0 Å². The Hall–Kier alpha value is -0.468. The van der Waals surface area contributed by atoms with Crippen molar-refractivity contribution in [3.05, 3.63) is 0 Å². The molecule has 0 heterocycles. The first-order valence-electron chi connectivity index (χ1n) is 2.02. The Morgan fingerprint density at radius 2 is 1.50 bits per heavy atom. The summed E-state index contributed by atoms with van der Waals surface area (Å²) in [7, 11) is 0. The number of carbonyl (C=O) groups is 3. The number of hydrogen-bond acceptors (Lipinski definition) is 3. The molecule has 0 unspecified atom stereocenters. The van der Waals surface area contributed by atoms with Gasteiger partial charge < -0.3 is 10.2 Å². The summed E-state index contributed by atoms with van der Waals surface area (Å²) in [5, 5.41) is 15.7. The third-order valence-corrected chi connectivity index (χ3v) is 0.550. The zero-order valence-corrected chi connectivity index (χ0v) is 10.5. The molecular weight excluding hydrogens is 335 g/mol. The molecule has 2 radical (unpaired) electrons. The molecule has 0 aromatic rings. The van der Waals surface area contributed by atoms with Crippen molar-refractivity contribution in [2.24, 2.45) is 0 Å². The van der Waals surface area contributed by atoms with Crippen LogP contribution in [0.15, 0.2) is 0 Å². The SMILES string of the molecule is O=C(O)CC(=O)C(=O)O.[PbH2]. The van der Waals surface area contributed by atoms with E-state index in [0.29, 0.717) is 0 Å². The van der Waals surface area contributed by atoms with Gasteiger partial charge in [0.1, 0.15) is 6.42 Å². The quantitative estimate of drug-likeness (QED) is 0.359. The van der Waals surface area contributed by atoms with Crippen LogP contribution in [0.25, 0.3) is 0 Å². The fraction of sp³-hybridized carbons (Fsp3) is 0.250. The van der Waals surface area contributed by atoms with Gasteiger partial charge in [0.2, 0.25) is 0 Å². The van der Waals surface area contributed by atoms with Gasteiger partial charge in [-0.05, 0) is 0 Å². The Balaban J connectivity index is 0. The maximum absolute atomic E-state index is 9.97. The molecule has 0 saturated heterocycles. The first-order chi connectivity index (χ1) is 4.04. The van der Waals surface area contributed by atoms with E-state index in [9.17, 15) is 14.4 Å². The number of carbonyl (C=O) groups excluding carboxylic acids is 1. The number of rotatable bonds is 3. The predicted octanol–water partition coefficient (Wildman–Crippen LogP) is -1.80. The van der Waals surface area contributed by atoms with E-state index < -0.39 is 24.1 Å². The number of aliphatic carboxylic acids is 2. The van der Waals surface area contributed by atoms with Crippen LogP contribution in [0.1, 0.15) is 6.42 Å². The summed E-state index contributed by atoms with van der Waals surface area (Å²) in [5.41, 5.74) is 0. The summed E-state index contributed by atoms with van der Waals surface area (Å²) in [5.74, 6) is -4.44. The van der Waals surface area contributed by atoms with Crippen LogP contribution in [0, 0.1) is 0 Å². The fourth-order valence-electron chi connectivity index (χ4n) is 0.213. The normalized spacial score (nSPS) is 7.60. The number of ketones is 1. The van der Waals surface area contributed by atoms with Crippen LogP contribution >= 0.6 is 0 Å². The molecule has 0 aliphatic heterocycles. The number of hydrogen-bond donors (Lipinski definition) is 2. The zero-order valence-electron chi connectivity index (χ0n) is 5.03. The number of Topliss-reactive ketones (excluding diaryl/α,β-unsaturated/α-hetero) is 1. The van der Waals surface area contributed by atoms with E-state index in [-0.39, 0.29) is 27.3 Å². The molecule has 0 saturated carbocycles. The molecule has 0 amide bonds. The molecule has 0 aliphatic rings. The molecule has 0 atom stereocenters. The third-order valence-electron chi connectivity index (χ3n) is 0.550. The summed E-state index contributed by atoms with van der Waals surface area (Å²) >= 11 is 0.